The molecular weight excluding hydrogens is 164 g/mol. The molecule has 0 unspecified atom stereocenters. The molecular formula is C10H22N2O. The molecule has 3 nitrogen and oxygen atoms in total. The summed E-state index contributed by atoms with van der Waals surface area (Å²) >= 11 is 0. The molecule has 1 amide bonds. The zero-order valence-electron chi connectivity index (χ0n) is 9.37. The van der Waals surface area contributed by atoms with E-state index in [4.69, 9.17) is 5.73 Å². The van der Waals surface area contributed by atoms with Gasteiger partial charge in [-0.25, -0.2) is 0 Å². The van der Waals surface area contributed by atoms with Gasteiger partial charge in [0.15, 0.2) is 0 Å². The first kappa shape index (κ1) is 12.4. The Morgan fingerprint density at radius 3 is 2.15 bits per heavy atom. The van der Waals surface area contributed by atoms with Crippen LogP contribution >= 0.6 is 0 Å². The van der Waals surface area contributed by atoms with E-state index in [2.05, 4.69) is 0 Å². The molecule has 2 atom stereocenters. The number of nitrogens with two attached hydrogens (primary N) is 1. The quantitative estimate of drug-likeness (QED) is 0.717. The second-order valence-electron chi connectivity index (χ2n) is 3.95. The van der Waals surface area contributed by atoms with Crippen LogP contribution in [0.25, 0.3) is 0 Å². The molecule has 0 saturated heterocycles. The summed E-state index contributed by atoms with van der Waals surface area (Å²) in [6, 6.07) is -0.125. The van der Waals surface area contributed by atoms with Gasteiger partial charge >= 0.3 is 0 Å². The van der Waals surface area contributed by atoms with Crippen LogP contribution in [0.15, 0.2) is 0 Å². The Labute approximate surface area is 81.3 Å². The Balaban J connectivity index is 4.25. The Morgan fingerprint density at radius 1 is 1.38 bits per heavy atom. The predicted octanol–water partition coefficient (Wildman–Crippen LogP) is 1.23. The lowest BCUT2D eigenvalue weighted by molar-refractivity contribution is -0.133. The highest BCUT2D eigenvalue weighted by atomic mass is 16.2. The summed E-state index contributed by atoms with van der Waals surface area (Å²) in [5, 5.41) is 0. The van der Waals surface area contributed by atoms with Gasteiger partial charge in [0.25, 0.3) is 0 Å². The van der Waals surface area contributed by atoms with Crippen molar-refractivity contribution in [1.29, 1.82) is 0 Å². The van der Waals surface area contributed by atoms with Crippen LogP contribution in [0.1, 0.15) is 34.1 Å². The lowest BCUT2D eigenvalue weighted by Gasteiger charge is -2.27. The number of hydrogen-bond donors (Lipinski definition) is 1. The minimum atomic E-state index is -0.350. The van der Waals surface area contributed by atoms with E-state index in [-0.39, 0.29) is 23.9 Å². The first-order valence-electron chi connectivity index (χ1n) is 4.94. The number of amides is 1. The Kier molecular flexibility index (Phi) is 4.99. The molecule has 0 heterocycles. The van der Waals surface area contributed by atoms with E-state index in [1.165, 1.54) is 0 Å². The summed E-state index contributed by atoms with van der Waals surface area (Å²) in [4.78, 5) is 13.4. The van der Waals surface area contributed by atoms with Crippen LogP contribution in [-0.2, 0) is 4.79 Å². The molecule has 0 spiro atoms. The fourth-order valence-corrected chi connectivity index (χ4v) is 0.987. The van der Waals surface area contributed by atoms with Crippen molar-refractivity contribution >= 4 is 5.91 Å². The van der Waals surface area contributed by atoms with Crippen molar-refractivity contribution in [3.05, 3.63) is 0 Å². The second kappa shape index (κ2) is 5.22. The molecule has 13 heavy (non-hydrogen) atoms. The standard InChI is InChI=1S/C10H22N2O/c1-6-8(4)9(11)10(13)12(5)7(2)3/h7-9H,6,11H2,1-5H3/t8-,9-/m0/s1. The van der Waals surface area contributed by atoms with Gasteiger partial charge in [-0.2, -0.15) is 0 Å². The highest BCUT2D eigenvalue weighted by Crippen LogP contribution is 2.08. The van der Waals surface area contributed by atoms with Crippen LogP contribution < -0.4 is 5.73 Å². The van der Waals surface area contributed by atoms with Gasteiger partial charge in [0, 0.05) is 13.1 Å². The molecule has 0 aromatic heterocycles. The normalized spacial score (nSPS) is 15.6. The molecule has 2 N–H and O–H groups in total. The van der Waals surface area contributed by atoms with Crippen LogP contribution in [0.3, 0.4) is 0 Å². The fourth-order valence-electron chi connectivity index (χ4n) is 0.987. The molecule has 0 aliphatic heterocycles. The van der Waals surface area contributed by atoms with Gasteiger partial charge in [0.2, 0.25) is 5.91 Å². The Morgan fingerprint density at radius 2 is 1.85 bits per heavy atom. The van der Waals surface area contributed by atoms with Crippen molar-refractivity contribution < 1.29 is 4.79 Å². The Bertz CT molecular complexity index is 168. The third kappa shape index (κ3) is 3.35. The van der Waals surface area contributed by atoms with E-state index in [9.17, 15) is 4.79 Å². The number of likely N-dealkylation sites (N-methyl/N-ethyl adjacent to an activating group) is 1. The van der Waals surface area contributed by atoms with Gasteiger partial charge in [-0.3, -0.25) is 4.79 Å². The van der Waals surface area contributed by atoms with E-state index in [1.807, 2.05) is 27.7 Å². The summed E-state index contributed by atoms with van der Waals surface area (Å²) in [6.45, 7) is 8.03. The molecule has 0 bridgehead atoms. The van der Waals surface area contributed by atoms with E-state index >= 15 is 0 Å². The highest BCUT2D eigenvalue weighted by molar-refractivity contribution is 5.81. The van der Waals surface area contributed by atoms with Crippen molar-refractivity contribution in [3.63, 3.8) is 0 Å². The summed E-state index contributed by atoms with van der Waals surface area (Å²) in [7, 11) is 1.80. The first-order valence-corrected chi connectivity index (χ1v) is 4.94. The van der Waals surface area contributed by atoms with Gasteiger partial charge < -0.3 is 10.6 Å². The lowest BCUT2D eigenvalue weighted by Crippen LogP contribution is -2.47. The SMILES string of the molecule is CC[C@H](C)[C@H](N)C(=O)N(C)C(C)C. The molecule has 78 valence electrons. The molecule has 3 heteroatoms. The number of nitrogens with zero attached hydrogens (tertiary/aromatic N) is 1. The maximum absolute atomic E-state index is 11.7. The molecule has 0 fully saturated rings. The van der Waals surface area contributed by atoms with Crippen LogP contribution in [0.2, 0.25) is 0 Å². The molecule has 0 aliphatic carbocycles. The molecule has 0 saturated carbocycles. The maximum atomic E-state index is 11.7. The molecule has 0 rings (SSSR count). The number of carbonyl (C=O) groups is 1. The zero-order chi connectivity index (χ0) is 10.6. The average molecular weight is 186 g/mol. The summed E-state index contributed by atoms with van der Waals surface area (Å²) in [6.07, 6.45) is 0.943. The molecule has 0 aromatic carbocycles. The average Bonchev–Trinajstić information content (AvgIpc) is 2.12. The molecule has 0 radical (unpaired) electrons. The number of carbonyl (C=O) groups excluding carboxylic acids is 1. The minimum Gasteiger partial charge on any atom is -0.342 e. The third-order valence-corrected chi connectivity index (χ3v) is 2.66. The van der Waals surface area contributed by atoms with Gasteiger partial charge in [-0.15, -0.1) is 0 Å². The van der Waals surface area contributed by atoms with Gasteiger partial charge in [-0.05, 0) is 19.8 Å². The van der Waals surface area contributed by atoms with Crippen LogP contribution in [0.5, 0.6) is 0 Å². The zero-order valence-corrected chi connectivity index (χ0v) is 9.37. The van der Waals surface area contributed by atoms with Crippen molar-refractivity contribution in [2.75, 3.05) is 7.05 Å². The van der Waals surface area contributed by atoms with Crippen LogP contribution in [-0.4, -0.2) is 29.9 Å². The summed E-state index contributed by atoms with van der Waals surface area (Å²) in [5.41, 5.74) is 5.82. The summed E-state index contributed by atoms with van der Waals surface area (Å²) < 4.78 is 0. The van der Waals surface area contributed by atoms with Crippen molar-refractivity contribution in [2.24, 2.45) is 11.7 Å². The maximum Gasteiger partial charge on any atom is 0.239 e. The number of hydrogen-bond acceptors (Lipinski definition) is 2. The van der Waals surface area contributed by atoms with Crippen molar-refractivity contribution in [1.82, 2.24) is 4.90 Å². The monoisotopic (exact) mass is 186 g/mol. The van der Waals surface area contributed by atoms with E-state index in [0.717, 1.165) is 6.42 Å². The van der Waals surface area contributed by atoms with Gasteiger partial charge in [0.05, 0.1) is 6.04 Å². The molecule has 0 aromatic rings. The van der Waals surface area contributed by atoms with E-state index in [0.29, 0.717) is 0 Å². The van der Waals surface area contributed by atoms with Crippen LogP contribution in [0.4, 0.5) is 0 Å². The first-order chi connectivity index (χ1) is 5.91. The van der Waals surface area contributed by atoms with Crippen molar-refractivity contribution in [3.8, 4) is 0 Å². The molecule has 0 aliphatic rings. The lowest BCUT2D eigenvalue weighted by atomic mass is 9.99. The van der Waals surface area contributed by atoms with E-state index in [1.54, 1.807) is 11.9 Å². The van der Waals surface area contributed by atoms with Gasteiger partial charge in [-0.1, -0.05) is 20.3 Å². The fraction of sp³-hybridized carbons (Fsp3) is 0.900. The smallest absolute Gasteiger partial charge is 0.239 e. The van der Waals surface area contributed by atoms with Gasteiger partial charge in [0.1, 0.15) is 0 Å². The third-order valence-electron chi connectivity index (χ3n) is 2.66. The topological polar surface area (TPSA) is 46.3 Å². The Hall–Kier alpha value is -0.570. The van der Waals surface area contributed by atoms with E-state index < -0.39 is 0 Å². The summed E-state index contributed by atoms with van der Waals surface area (Å²) in [5.74, 6) is 0.304. The minimum absolute atomic E-state index is 0.0457. The van der Waals surface area contributed by atoms with Crippen LogP contribution in [0, 0.1) is 5.92 Å². The second-order valence-corrected chi connectivity index (χ2v) is 3.95. The number of rotatable bonds is 4. The van der Waals surface area contributed by atoms with Crippen molar-refractivity contribution in [2.45, 2.75) is 46.2 Å². The largest absolute Gasteiger partial charge is 0.342 e. The predicted molar refractivity (Wildman–Crippen MR) is 55.3 cm³/mol. The highest BCUT2D eigenvalue weighted by Gasteiger charge is 2.23.